The van der Waals surface area contributed by atoms with Gasteiger partial charge in [0.2, 0.25) is 0 Å². The molecule has 0 amide bonds. The highest BCUT2D eigenvalue weighted by Gasteiger charge is 2.09. The van der Waals surface area contributed by atoms with E-state index in [2.05, 4.69) is 4.98 Å². The van der Waals surface area contributed by atoms with Crippen LogP contribution in [-0.2, 0) is 6.42 Å². The van der Waals surface area contributed by atoms with Gasteiger partial charge in [-0.25, -0.2) is 4.98 Å². The number of rotatable bonds is 5. The Labute approximate surface area is 105 Å². The van der Waals surface area contributed by atoms with Gasteiger partial charge in [-0.05, 0) is 30.5 Å². The summed E-state index contributed by atoms with van der Waals surface area (Å²) in [5, 5.41) is 11.8. The third kappa shape index (κ3) is 3.28. The van der Waals surface area contributed by atoms with Gasteiger partial charge in [-0.15, -0.1) is 11.3 Å². The molecule has 0 fully saturated rings. The first kappa shape index (κ1) is 12.1. The summed E-state index contributed by atoms with van der Waals surface area (Å²) in [6.45, 7) is 0. The van der Waals surface area contributed by atoms with Crippen molar-refractivity contribution < 1.29 is 9.84 Å². The summed E-state index contributed by atoms with van der Waals surface area (Å²) < 4.78 is 5.10. The van der Waals surface area contributed by atoms with E-state index in [9.17, 15) is 5.11 Å². The fourth-order valence-corrected chi connectivity index (χ4v) is 2.23. The first-order valence-electron chi connectivity index (χ1n) is 5.48. The molecule has 0 saturated heterocycles. The molecule has 0 aliphatic carbocycles. The lowest BCUT2D eigenvalue weighted by atomic mass is 10.1. The number of thiazole rings is 1. The largest absolute Gasteiger partial charge is 0.497 e. The fourth-order valence-electron chi connectivity index (χ4n) is 1.63. The first-order valence-corrected chi connectivity index (χ1v) is 6.43. The topological polar surface area (TPSA) is 42.4 Å². The number of hydrogen-bond donors (Lipinski definition) is 1. The molecule has 1 atom stereocenters. The Bertz CT molecular complexity index is 439. The molecule has 1 aromatic heterocycles. The van der Waals surface area contributed by atoms with Crippen LogP contribution in [-0.4, -0.2) is 17.2 Å². The molecule has 90 valence electrons. The van der Waals surface area contributed by atoms with E-state index in [1.807, 2.05) is 29.6 Å². The highest BCUT2D eigenvalue weighted by atomic mass is 32.1. The lowest BCUT2D eigenvalue weighted by Crippen LogP contribution is -1.99. The maximum absolute atomic E-state index is 9.89. The summed E-state index contributed by atoms with van der Waals surface area (Å²) in [4.78, 5) is 4.10. The molecule has 2 rings (SSSR count). The van der Waals surface area contributed by atoms with Gasteiger partial charge in [0.15, 0.2) is 0 Å². The van der Waals surface area contributed by atoms with Gasteiger partial charge >= 0.3 is 0 Å². The fraction of sp³-hybridized carbons (Fsp3) is 0.308. The molecule has 1 unspecified atom stereocenters. The zero-order chi connectivity index (χ0) is 12.1. The molecule has 1 N–H and O–H groups in total. The van der Waals surface area contributed by atoms with E-state index in [1.54, 1.807) is 12.6 Å². The summed E-state index contributed by atoms with van der Waals surface area (Å²) in [6, 6.07) is 7.91. The Kier molecular flexibility index (Phi) is 4.12. The Morgan fingerprint density at radius 3 is 2.71 bits per heavy atom. The van der Waals surface area contributed by atoms with Crippen LogP contribution >= 0.6 is 11.3 Å². The van der Waals surface area contributed by atoms with Crippen LogP contribution in [0.25, 0.3) is 0 Å². The van der Waals surface area contributed by atoms with Gasteiger partial charge in [-0.2, -0.15) is 0 Å². The third-order valence-corrected chi connectivity index (χ3v) is 3.26. The average molecular weight is 249 g/mol. The summed E-state index contributed by atoms with van der Waals surface area (Å²) in [5.74, 6) is 0.855. The highest BCUT2D eigenvalue weighted by Crippen LogP contribution is 2.20. The van der Waals surface area contributed by atoms with Crippen molar-refractivity contribution in [2.24, 2.45) is 0 Å². The number of aryl methyl sites for hydroxylation is 1. The van der Waals surface area contributed by atoms with Gasteiger partial charge in [0.1, 0.15) is 5.75 Å². The summed E-state index contributed by atoms with van der Waals surface area (Å²) in [5.41, 5.74) is 3.70. The molecule has 0 spiro atoms. The van der Waals surface area contributed by atoms with Crippen molar-refractivity contribution in [3.8, 4) is 5.75 Å². The van der Waals surface area contributed by atoms with Gasteiger partial charge in [-0.1, -0.05) is 12.1 Å². The van der Waals surface area contributed by atoms with Crippen molar-refractivity contribution in [3.63, 3.8) is 0 Å². The molecule has 17 heavy (non-hydrogen) atoms. The van der Waals surface area contributed by atoms with Crippen LogP contribution in [0.2, 0.25) is 0 Å². The molecule has 0 aliphatic heterocycles. The summed E-state index contributed by atoms with van der Waals surface area (Å²) in [7, 11) is 1.65. The number of benzene rings is 1. The van der Waals surface area contributed by atoms with Crippen LogP contribution in [0.4, 0.5) is 0 Å². The second-order valence-electron chi connectivity index (χ2n) is 3.82. The standard InChI is InChI=1S/C13H15NO2S/c1-16-11-5-2-10(3-6-11)4-7-13(15)12-8-17-9-14-12/h2-3,5-6,8-9,13,15H,4,7H2,1H3. The Balaban J connectivity index is 1.89. The van der Waals surface area contributed by atoms with Crippen LogP contribution < -0.4 is 4.74 Å². The molecule has 0 saturated carbocycles. The molecule has 1 aromatic carbocycles. The lowest BCUT2D eigenvalue weighted by Gasteiger charge is -2.08. The zero-order valence-electron chi connectivity index (χ0n) is 9.67. The van der Waals surface area contributed by atoms with E-state index in [1.165, 1.54) is 16.9 Å². The van der Waals surface area contributed by atoms with Gasteiger partial charge in [0.05, 0.1) is 24.4 Å². The minimum atomic E-state index is -0.469. The van der Waals surface area contributed by atoms with E-state index in [0.29, 0.717) is 6.42 Å². The monoisotopic (exact) mass is 249 g/mol. The number of nitrogens with zero attached hydrogens (tertiary/aromatic N) is 1. The van der Waals surface area contributed by atoms with Gasteiger partial charge in [0.25, 0.3) is 0 Å². The quantitative estimate of drug-likeness (QED) is 0.886. The zero-order valence-corrected chi connectivity index (χ0v) is 10.5. The molecule has 0 aliphatic rings. The van der Waals surface area contributed by atoms with Crippen molar-refractivity contribution >= 4 is 11.3 Å². The molecule has 4 heteroatoms. The van der Waals surface area contributed by atoms with Crippen LogP contribution in [0.3, 0.4) is 0 Å². The lowest BCUT2D eigenvalue weighted by molar-refractivity contribution is 0.164. The number of aliphatic hydroxyl groups excluding tert-OH is 1. The molecule has 3 nitrogen and oxygen atoms in total. The minimum Gasteiger partial charge on any atom is -0.497 e. The molecular weight excluding hydrogens is 234 g/mol. The number of methoxy groups -OCH3 is 1. The predicted molar refractivity (Wildman–Crippen MR) is 68.4 cm³/mol. The number of aliphatic hydroxyl groups is 1. The Morgan fingerprint density at radius 1 is 1.35 bits per heavy atom. The van der Waals surface area contributed by atoms with Gasteiger partial charge < -0.3 is 9.84 Å². The van der Waals surface area contributed by atoms with Crippen LogP contribution in [0.5, 0.6) is 5.75 Å². The number of ether oxygens (including phenoxy) is 1. The normalized spacial score (nSPS) is 12.4. The van der Waals surface area contributed by atoms with E-state index in [4.69, 9.17) is 4.74 Å². The smallest absolute Gasteiger partial charge is 0.118 e. The van der Waals surface area contributed by atoms with Crippen molar-refractivity contribution in [1.82, 2.24) is 4.98 Å². The summed E-state index contributed by atoms with van der Waals surface area (Å²) >= 11 is 1.51. The molecule has 0 radical (unpaired) electrons. The Morgan fingerprint density at radius 2 is 2.12 bits per heavy atom. The SMILES string of the molecule is COc1ccc(CCC(O)c2cscn2)cc1. The number of aromatic nitrogens is 1. The van der Waals surface area contributed by atoms with Gasteiger partial charge in [-0.3, -0.25) is 0 Å². The second kappa shape index (κ2) is 5.80. The minimum absolute atomic E-state index is 0.469. The van der Waals surface area contributed by atoms with Gasteiger partial charge in [0, 0.05) is 5.38 Å². The predicted octanol–water partition coefficient (Wildman–Crippen LogP) is 2.82. The molecule has 1 heterocycles. The molecule has 2 aromatic rings. The number of hydrogen-bond acceptors (Lipinski definition) is 4. The van der Waals surface area contributed by atoms with Crippen molar-refractivity contribution in [3.05, 3.63) is 46.4 Å². The highest BCUT2D eigenvalue weighted by molar-refractivity contribution is 7.07. The van der Waals surface area contributed by atoms with E-state index >= 15 is 0 Å². The van der Waals surface area contributed by atoms with E-state index in [-0.39, 0.29) is 0 Å². The van der Waals surface area contributed by atoms with Crippen molar-refractivity contribution in [2.75, 3.05) is 7.11 Å². The third-order valence-electron chi connectivity index (χ3n) is 2.66. The molecule has 0 bridgehead atoms. The van der Waals surface area contributed by atoms with Crippen molar-refractivity contribution in [1.29, 1.82) is 0 Å². The summed E-state index contributed by atoms with van der Waals surface area (Å²) in [6.07, 6.45) is 1.06. The van der Waals surface area contributed by atoms with Crippen LogP contribution in [0, 0.1) is 0 Å². The molecular formula is C13H15NO2S. The van der Waals surface area contributed by atoms with Crippen molar-refractivity contribution in [2.45, 2.75) is 18.9 Å². The maximum atomic E-state index is 9.89. The van der Waals surface area contributed by atoms with E-state index < -0.39 is 6.10 Å². The van der Waals surface area contributed by atoms with E-state index in [0.717, 1.165) is 17.9 Å². The van der Waals surface area contributed by atoms with Crippen LogP contribution in [0.1, 0.15) is 23.8 Å². The second-order valence-corrected chi connectivity index (χ2v) is 4.53. The Hall–Kier alpha value is -1.39. The first-order chi connectivity index (χ1) is 8.29. The maximum Gasteiger partial charge on any atom is 0.118 e. The van der Waals surface area contributed by atoms with Crippen LogP contribution in [0.15, 0.2) is 35.2 Å². The average Bonchev–Trinajstić information content (AvgIpc) is 2.90.